The molecular weight excluding hydrogens is 357 g/mol. The number of benzene rings is 2. The number of nitrogens with one attached hydrogen (secondary N) is 1. The van der Waals surface area contributed by atoms with E-state index >= 15 is 0 Å². The molecule has 1 N–H and O–H groups in total. The van der Waals surface area contributed by atoms with Gasteiger partial charge < -0.3 is 4.74 Å². The number of nitrogens with zero attached hydrogens (tertiary/aromatic N) is 3. The summed E-state index contributed by atoms with van der Waals surface area (Å²) in [6.07, 6.45) is -1.06. The van der Waals surface area contributed by atoms with Gasteiger partial charge in [0.25, 0.3) is 0 Å². The summed E-state index contributed by atoms with van der Waals surface area (Å²) in [7, 11) is 0. The lowest BCUT2D eigenvalue weighted by molar-refractivity contribution is -0.137. The number of ether oxygens (including phenoxy) is 1. The average molecular weight is 370 g/mol. The molecule has 0 fully saturated rings. The molecule has 0 atom stereocenters. The zero-order valence-corrected chi connectivity index (χ0v) is 13.9. The SMILES string of the molecule is N#Cc1n[nH]nc1-c1cc(OC/C=C/c2ccccc2)cc(C(F)(F)F)c1. The van der Waals surface area contributed by atoms with Gasteiger partial charge in [-0.05, 0) is 29.8 Å². The fraction of sp³-hybridized carbons (Fsp3) is 0.105. The van der Waals surface area contributed by atoms with Gasteiger partial charge in [0.15, 0.2) is 5.69 Å². The van der Waals surface area contributed by atoms with E-state index in [-0.39, 0.29) is 29.3 Å². The second kappa shape index (κ2) is 7.74. The molecule has 3 aromatic rings. The first-order chi connectivity index (χ1) is 13.0. The Morgan fingerprint density at radius 2 is 1.89 bits per heavy atom. The van der Waals surface area contributed by atoms with Gasteiger partial charge in [0.2, 0.25) is 0 Å². The third-order valence-electron chi connectivity index (χ3n) is 3.62. The zero-order valence-electron chi connectivity index (χ0n) is 13.9. The maximum absolute atomic E-state index is 13.2. The minimum atomic E-state index is -4.56. The van der Waals surface area contributed by atoms with E-state index in [1.807, 2.05) is 30.3 Å². The summed E-state index contributed by atoms with van der Waals surface area (Å²) in [5.74, 6) is 0.0180. The lowest BCUT2D eigenvalue weighted by atomic mass is 10.1. The second-order valence-corrected chi connectivity index (χ2v) is 5.50. The fourth-order valence-electron chi connectivity index (χ4n) is 2.39. The summed E-state index contributed by atoms with van der Waals surface area (Å²) in [5.41, 5.74) is 0.0932. The van der Waals surface area contributed by atoms with E-state index in [0.29, 0.717) is 0 Å². The van der Waals surface area contributed by atoms with Crippen LogP contribution in [-0.2, 0) is 6.18 Å². The standard InChI is InChI=1S/C19H13F3N4O/c20-19(21,22)15-9-14(18-17(12-23)24-26-25-18)10-16(11-15)27-8-4-7-13-5-2-1-3-6-13/h1-7,9-11H,8H2,(H,24,25,26)/b7-4+. The van der Waals surface area contributed by atoms with Gasteiger partial charge in [-0.2, -0.15) is 28.7 Å². The number of H-pyrrole nitrogens is 1. The molecule has 0 unspecified atom stereocenters. The van der Waals surface area contributed by atoms with Crippen LogP contribution in [0.15, 0.2) is 54.6 Å². The molecular formula is C19H13F3N4O. The number of rotatable bonds is 5. The Morgan fingerprint density at radius 3 is 2.59 bits per heavy atom. The molecule has 0 saturated heterocycles. The Kier molecular flexibility index (Phi) is 5.22. The summed E-state index contributed by atoms with van der Waals surface area (Å²) < 4.78 is 45.1. The lowest BCUT2D eigenvalue weighted by Gasteiger charge is -2.12. The van der Waals surface area contributed by atoms with Crippen LogP contribution in [0, 0.1) is 11.3 Å². The van der Waals surface area contributed by atoms with E-state index in [4.69, 9.17) is 10.00 Å². The van der Waals surface area contributed by atoms with Gasteiger partial charge in [-0.3, -0.25) is 0 Å². The Labute approximate surface area is 152 Å². The third-order valence-corrected chi connectivity index (χ3v) is 3.62. The van der Waals surface area contributed by atoms with Crippen molar-refractivity contribution in [1.29, 1.82) is 5.26 Å². The first-order valence-corrected chi connectivity index (χ1v) is 7.85. The Morgan fingerprint density at radius 1 is 1.11 bits per heavy atom. The van der Waals surface area contributed by atoms with E-state index in [1.54, 1.807) is 18.2 Å². The highest BCUT2D eigenvalue weighted by Gasteiger charge is 2.32. The van der Waals surface area contributed by atoms with Crippen LogP contribution in [-0.4, -0.2) is 22.0 Å². The number of alkyl halides is 3. The van der Waals surface area contributed by atoms with E-state index in [1.165, 1.54) is 6.07 Å². The molecule has 0 aliphatic rings. The Bertz CT molecular complexity index is 988. The van der Waals surface area contributed by atoms with Crippen LogP contribution in [0.5, 0.6) is 5.75 Å². The van der Waals surface area contributed by atoms with Crippen molar-refractivity contribution in [3.05, 3.63) is 71.4 Å². The van der Waals surface area contributed by atoms with Gasteiger partial charge in [0.1, 0.15) is 24.1 Å². The molecule has 136 valence electrons. The topological polar surface area (TPSA) is 74.6 Å². The van der Waals surface area contributed by atoms with Crippen molar-refractivity contribution in [3.8, 4) is 23.1 Å². The highest BCUT2D eigenvalue weighted by Crippen LogP contribution is 2.35. The van der Waals surface area contributed by atoms with E-state index < -0.39 is 11.7 Å². The van der Waals surface area contributed by atoms with Crippen molar-refractivity contribution < 1.29 is 17.9 Å². The van der Waals surface area contributed by atoms with Gasteiger partial charge in [0, 0.05) is 5.56 Å². The molecule has 0 spiro atoms. The van der Waals surface area contributed by atoms with Gasteiger partial charge in [0.05, 0.1) is 5.56 Å². The average Bonchev–Trinajstić information content (AvgIpc) is 3.14. The second-order valence-electron chi connectivity index (χ2n) is 5.50. The molecule has 1 heterocycles. The summed E-state index contributed by atoms with van der Waals surface area (Å²) in [5, 5.41) is 18.6. The fourth-order valence-corrected chi connectivity index (χ4v) is 2.39. The van der Waals surface area contributed by atoms with Crippen molar-refractivity contribution in [3.63, 3.8) is 0 Å². The molecule has 8 heteroatoms. The summed E-state index contributed by atoms with van der Waals surface area (Å²) in [6, 6.07) is 14.4. The number of aromatic amines is 1. The summed E-state index contributed by atoms with van der Waals surface area (Å²) >= 11 is 0. The Balaban J connectivity index is 1.85. The maximum atomic E-state index is 13.2. The van der Waals surface area contributed by atoms with Gasteiger partial charge in [-0.25, -0.2) is 0 Å². The molecule has 1 aromatic heterocycles. The molecule has 0 amide bonds. The maximum Gasteiger partial charge on any atom is 0.416 e. The first-order valence-electron chi connectivity index (χ1n) is 7.85. The number of hydrogen-bond donors (Lipinski definition) is 1. The molecule has 0 aliphatic heterocycles. The van der Waals surface area contributed by atoms with E-state index in [2.05, 4.69) is 15.4 Å². The normalized spacial score (nSPS) is 11.5. The molecule has 5 nitrogen and oxygen atoms in total. The van der Waals surface area contributed by atoms with Crippen LogP contribution in [0.1, 0.15) is 16.8 Å². The molecule has 0 saturated carbocycles. The molecule has 27 heavy (non-hydrogen) atoms. The summed E-state index contributed by atoms with van der Waals surface area (Å²) in [4.78, 5) is 0. The predicted octanol–water partition coefficient (Wildman–Crippen LogP) is 4.45. The summed E-state index contributed by atoms with van der Waals surface area (Å²) in [6.45, 7) is 0.0829. The molecule has 3 rings (SSSR count). The van der Waals surface area contributed by atoms with Crippen LogP contribution in [0.25, 0.3) is 17.3 Å². The third kappa shape index (κ3) is 4.52. The first kappa shape index (κ1) is 18.2. The quantitative estimate of drug-likeness (QED) is 0.720. The van der Waals surface area contributed by atoms with Crippen molar-refractivity contribution >= 4 is 6.08 Å². The molecule has 0 aliphatic carbocycles. The monoisotopic (exact) mass is 370 g/mol. The number of nitriles is 1. The Hall–Kier alpha value is -3.60. The van der Waals surface area contributed by atoms with Crippen LogP contribution in [0.3, 0.4) is 0 Å². The highest BCUT2D eigenvalue weighted by molar-refractivity contribution is 5.67. The van der Waals surface area contributed by atoms with Crippen molar-refractivity contribution in [1.82, 2.24) is 15.4 Å². The number of hydrogen-bond acceptors (Lipinski definition) is 4. The zero-order chi connectivity index (χ0) is 19.3. The molecule has 0 radical (unpaired) electrons. The number of aromatic nitrogens is 3. The van der Waals surface area contributed by atoms with E-state index in [9.17, 15) is 13.2 Å². The van der Waals surface area contributed by atoms with Gasteiger partial charge in [-0.15, -0.1) is 5.10 Å². The van der Waals surface area contributed by atoms with Crippen LogP contribution in [0.4, 0.5) is 13.2 Å². The molecule has 0 bridgehead atoms. The van der Waals surface area contributed by atoms with Crippen molar-refractivity contribution in [2.45, 2.75) is 6.18 Å². The predicted molar refractivity (Wildman–Crippen MR) is 92.5 cm³/mol. The van der Waals surface area contributed by atoms with E-state index in [0.717, 1.165) is 17.7 Å². The van der Waals surface area contributed by atoms with Crippen molar-refractivity contribution in [2.75, 3.05) is 6.61 Å². The lowest BCUT2D eigenvalue weighted by Crippen LogP contribution is -2.06. The van der Waals surface area contributed by atoms with Crippen LogP contribution in [0.2, 0.25) is 0 Å². The molecule has 2 aromatic carbocycles. The van der Waals surface area contributed by atoms with Crippen LogP contribution < -0.4 is 4.74 Å². The van der Waals surface area contributed by atoms with Crippen molar-refractivity contribution in [2.24, 2.45) is 0 Å². The highest BCUT2D eigenvalue weighted by atomic mass is 19.4. The van der Waals surface area contributed by atoms with Crippen LogP contribution >= 0.6 is 0 Å². The number of halogens is 3. The minimum Gasteiger partial charge on any atom is -0.489 e. The van der Waals surface area contributed by atoms with Gasteiger partial charge in [-0.1, -0.05) is 36.4 Å². The largest absolute Gasteiger partial charge is 0.489 e. The minimum absolute atomic E-state index is 0.0180. The van der Waals surface area contributed by atoms with Gasteiger partial charge >= 0.3 is 6.18 Å². The smallest absolute Gasteiger partial charge is 0.416 e.